The summed E-state index contributed by atoms with van der Waals surface area (Å²) in [4.78, 5) is 18.7. The van der Waals surface area contributed by atoms with Crippen molar-refractivity contribution < 1.29 is 10.2 Å². The van der Waals surface area contributed by atoms with Gasteiger partial charge in [0.05, 0.1) is 11.4 Å². The minimum absolute atomic E-state index is 0.0457. The highest BCUT2D eigenvalue weighted by atomic mass is 32.2. The molecule has 1 atom stereocenters. The number of hydrogen-bond donors (Lipinski definition) is 2. The molecule has 0 amide bonds. The smallest absolute Gasteiger partial charge is 0.267 e. The average Bonchev–Trinajstić information content (AvgIpc) is 2.91. The number of aromatic nitrogens is 2. The van der Waals surface area contributed by atoms with E-state index in [1.165, 1.54) is 9.13 Å². The van der Waals surface area contributed by atoms with Crippen LogP contribution in [-0.4, -0.2) is 25.1 Å². The summed E-state index contributed by atoms with van der Waals surface area (Å²) in [5, 5.41) is 20.3. The third-order valence-corrected chi connectivity index (χ3v) is 6.83. The molecular formula is C21H19N3O3S2. The Labute approximate surface area is 176 Å². The van der Waals surface area contributed by atoms with Crippen LogP contribution in [0.15, 0.2) is 63.2 Å². The van der Waals surface area contributed by atoms with Gasteiger partial charge in [0, 0.05) is 30.7 Å². The second-order valence-corrected chi connectivity index (χ2v) is 8.44. The molecule has 2 aromatic carbocycles. The Hall–Kier alpha value is -2.84. The molecule has 0 saturated carbocycles. The standard InChI is InChI=1S/C21H19N3O3S2/c1-23-19(26)18(20(27)24(2)21(23)28)15-11-17(12-7-9-13(25)10-8-12)29-16-6-4-3-5-14(16)22-15/h3-10,17,25-26H,11H2,1-2H3. The topological polar surface area (TPSA) is 79.8 Å². The third-order valence-electron chi connectivity index (χ3n) is 4.96. The van der Waals surface area contributed by atoms with Crippen molar-refractivity contribution in [2.24, 2.45) is 19.1 Å². The van der Waals surface area contributed by atoms with Gasteiger partial charge in [0.1, 0.15) is 11.3 Å². The molecule has 2 heterocycles. The van der Waals surface area contributed by atoms with Gasteiger partial charge in [0.15, 0.2) is 4.77 Å². The molecule has 148 valence electrons. The SMILES string of the molecule is Cn1c(O)c(C2=Nc3ccccc3SC(c3ccc(O)cc3)C2)c(=O)n(C)c1=S. The minimum Gasteiger partial charge on any atom is -0.508 e. The number of aliphatic imine (C=N–C) groups is 1. The highest BCUT2D eigenvalue weighted by Gasteiger charge is 2.27. The number of rotatable bonds is 2. The number of hydrogen-bond acceptors (Lipinski definition) is 6. The fourth-order valence-electron chi connectivity index (χ4n) is 3.33. The van der Waals surface area contributed by atoms with Gasteiger partial charge in [-0.15, -0.1) is 11.8 Å². The van der Waals surface area contributed by atoms with Crippen molar-refractivity contribution in [1.29, 1.82) is 0 Å². The number of phenols is 1. The summed E-state index contributed by atoms with van der Waals surface area (Å²) in [6, 6.07) is 14.7. The highest BCUT2D eigenvalue weighted by molar-refractivity contribution is 7.99. The van der Waals surface area contributed by atoms with Gasteiger partial charge in [-0.1, -0.05) is 24.3 Å². The Bertz CT molecular complexity index is 1240. The second kappa shape index (κ2) is 7.53. The molecule has 0 radical (unpaired) electrons. The lowest BCUT2D eigenvalue weighted by atomic mass is 10.0. The van der Waals surface area contributed by atoms with Gasteiger partial charge >= 0.3 is 0 Å². The highest BCUT2D eigenvalue weighted by Crippen LogP contribution is 2.45. The van der Waals surface area contributed by atoms with E-state index in [4.69, 9.17) is 17.2 Å². The summed E-state index contributed by atoms with van der Waals surface area (Å²) >= 11 is 6.87. The van der Waals surface area contributed by atoms with E-state index in [2.05, 4.69) is 0 Å². The molecule has 29 heavy (non-hydrogen) atoms. The molecule has 1 aromatic heterocycles. The Morgan fingerprint density at radius 3 is 2.48 bits per heavy atom. The number of phenolic OH excluding ortho intramolecular Hbond substituents is 1. The van der Waals surface area contributed by atoms with Crippen LogP contribution in [0.4, 0.5) is 5.69 Å². The van der Waals surface area contributed by atoms with Crippen LogP contribution in [0.3, 0.4) is 0 Å². The molecule has 8 heteroatoms. The summed E-state index contributed by atoms with van der Waals surface area (Å²) in [7, 11) is 3.21. The molecular weight excluding hydrogens is 406 g/mol. The third kappa shape index (κ3) is 3.49. The number of aromatic hydroxyl groups is 2. The predicted molar refractivity (Wildman–Crippen MR) is 117 cm³/mol. The lowest BCUT2D eigenvalue weighted by Crippen LogP contribution is -2.29. The van der Waals surface area contributed by atoms with Crippen molar-refractivity contribution in [3.63, 3.8) is 0 Å². The molecule has 1 aliphatic rings. The molecule has 0 bridgehead atoms. The molecule has 4 rings (SSSR count). The van der Waals surface area contributed by atoms with Gasteiger partial charge in [-0.3, -0.25) is 18.9 Å². The lowest BCUT2D eigenvalue weighted by molar-refractivity contribution is 0.414. The van der Waals surface area contributed by atoms with Gasteiger partial charge < -0.3 is 10.2 Å². The van der Waals surface area contributed by atoms with E-state index in [1.54, 1.807) is 38.0 Å². The zero-order chi connectivity index (χ0) is 20.7. The van der Waals surface area contributed by atoms with Crippen molar-refractivity contribution in [2.45, 2.75) is 16.6 Å². The van der Waals surface area contributed by atoms with Crippen LogP contribution in [0.25, 0.3) is 0 Å². The zero-order valence-corrected chi connectivity index (χ0v) is 17.5. The first-order valence-electron chi connectivity index (χ1n) is 8.98. The van der Waals surface area contributed by atoms with Crippen LogP contribution in [0.1, 0.15) is 22.8 Å². The first-order valence-corrected chi connectivity index (χ1v) is 10.3. The molecule has 1 unspecified atom stereocenters. The molecule has 6 nitrogen and oxygen atoms in total. The monoisotopic (exact) mass is 425 g/mol. The average molecular weight is 426 g/mol. The van der Waals surface area contributed by atoms with E-state index in [9.17, 15) is 15.0 Å². The second-order valence-electron chi connectivity index (χ2n) is 6.83. The van der Waals surface area contributed by atoms with E-state index >= 15 is 0 Å². The number of benzene rings is 2. The van der Waals surface area contributed by atoms with Crippen LogP contribution >= 0.6 is 24.0 Å². The van der Waals surface area contributed by atoms with Crippen LogP contribution in [0.5, 0.6) is 11.6 Å². The summed E-state index contributed by atoms with van der Waals surface area (Å²) in [6.07, 6.45) is 0.434. The first kappa shape index (κ1) is 19.5. The first-order chi connectivity index (χ1) is 13.9. The fourth-order valence-corrected chi connectivity index (χ4v) is 4.73. The summed E-state index contributed by atoms with van der Waals surface area (Å²) < 4.78 is 2.98. The van der Waals surface area contributed by atoms with Crippen molar-refractivity contribution in [1.82, 2.24) is 9.13 Å². The van der Waals surface area contributed by atoms with E-state index in [0.29, 0.717) is 12.1 Å². The van der Waals surface area contributed by atoms with Gasteiger partial charge in [0.25, 0.3) is 5.56 Å². The maximum atomic E-state index is 13.0. The van der Waals surface area contributed by atoms with Crippen molar-refractivity contribution in [3.05, 3.63) is 74.8 Å². The maximum absolute atomic E-state index is 13.0. The Morgan fingerprint density at radius 1 is 1.07 bits per heavy atom. The van der Waals surface area contributed by atoms with Crippen LogP contribution in [0.2, 0.25) is 0 Å². The molecule has 0 aliphatic carbocycles. The predicted octanol–water partition coefficient (Wildman–Crippen LogP) is 4.22. The van der Waals surface area contributed by atoms with Crippen LogP contribution < -0.4 is 5.56 Å². The van der Waals surface area contributed by atoms with Crippen molar-refractivity contribution in [3.8, 4) is 11.6 Å². The summed E-state index contributed by atoms with van der Waals surface area (Å²) in [5.74, 6) is 0.00641. The minimum atomic E-state index is -0.377. The summed E-state index contributed by atoms with van der Waals surface area (Å²) in [6.45, 7) is 0. The van der Waals surface area contributed by atoms with Crippen molar-refractivity contribution >= 4 is 35.4 Å². The number of thioether (sulfide) groups is 1. The van der Waals surface area contributed by atoms with Gasteiger partial charge in [-0.2, -0.15) is 0 Å². The molecule has 0 spiro atoms. The molecule has 3 aromatic rings. The Balaban J connectivity index is 1.93. The van der Waals surface area contributed by atoms with Crippen LogP contribution in [-0.2, 0) is 14.1 Å². The molecule has 2 N–H and O–H groups in total. The van der Waals surface area contributed by atoms with E-state index < -0.39 is 0 Å². The van der Waals surface area contributed by atoms with Gasteiger partial charge in [-0.05, 0) is 42.0 Å². The molecule has 1 aliphatic heterocycles. The zero-order valence-electron chi connectivity index (χ0n) is 15.9. The number of fused-ring (bicyclic) bond motifs is 1. The normalized spacial score (nSPS) is 16.1. The molecule has 0 saturated heterocycles. The van der Waals surface area contributed by atoms with Crippen molar-refractivity contribution in [2.75, 3.05) is 0 Å². The quantitative estimate of drug-likeness (QED) is 0.601. The van der Waals surface area contributed by atoms with E-state index in [1.807, 2.05) is 36.4 Å². The lowest BCUT2D eigenvalue weighted by Gasteiger charge is -2.17. The largest absolute Gasteiger partial charge is 0.508 e. The van der Waals surface area contributed by atoms with E-state index in [-0.39, 0.29) is 32.8 Å². The number of nitrogens with zero attached hydrogens (tertiary/aromatic N) is 3. The fraction of sp³-hybridized carbons (Fsp3) is 0.190. The molecule has 0 fully saturated rings. The van der Waals surface area contributed by atoms with E-state index in [0.717, 1.165) is 16.1 Å². The number of para-hydroxylation sites is 1. The Kier molecular flexibility index (Phi) is 5.06. The van der Waals surface area contributed by atoms with Gasteiger partial charge in [0.2, 0.25) is 5.88 Å². The Morgan fingerprint density at radius 2 is 1.76 bits per heavy atom. The van der Waals surface area contributed by atoms with Crippen LogP contribution in [0, 0.1) is 4.77 Å². The maximum Gasteiger partial charge on any atom is 0.267 e. The van der Waals surface area contributed by atoms with Gasteiger partial charge in [-0.25, -0.2) is 0 Å². The summed E-state index contributed by atoms with van der Waals surface area (Å²) in [5.41, 5.74) is 2.03.